The lowest BCUT2D eigenvalue weighted by atomic mass is 9.92. The number of urea groups is 1. The number of rotatable bonds is 5. The first-order valence-electron chi connectivity index (χ1n) is 8.43. The average molecular weight is 402 g/mol. The van der Waals surface area contributed by atoms with Gasteiger partial charge >= 0.3 is 6.03 Å². The van der Waals surface area contributed by atoms with Crippen LogP contribution in [-0.2, 0) is 16.9 Å². The monoisotopic (exact) mass is 402 g/mol. The Kier molecular flexibility index (Phi) is 5.46. The van der Waals surface area contributed by atoms with E-state index in [1.165, 1.54) is 12.1 Å². The number of carbonyl (C=O) groups is 2. The number of amides is 3. The summed E-state index contributed by atoms with van der Waals surface area (Å²) in [6, 6.07) is 12.1. The molecule has 3 N–H and O–H groups in total. The van der Waals surface area contributed by atoms with E-state index in [0.29, 0.717) is 17.9 Å². The maximum Gasteiger partial charge on any atom is 0.344 e. The first-order valence-corrected chi connectivity index (χ1v) is 8.84. The van der Waals surface area contributed by atoms with Crippen molar-refractivity contribution in [3.8, 4) is 5.75 Å². The molecule has 0 aromatic heterocycles. The van der Waals surface area contributed by atoms with Crippen LogP contribution in [0, 0.1) is 5.82 Å². The lowest BCUT2D eigenvalue weighted by molar-refractivity contribution is -0.132. The molecule has 3 rings (SSSR count). The molecule has 9 heteroatoms. The van der Waals surface area contributed by atoms with Gasteiger partial charge in [0.2, 0.25) is 0 Å². The molecule has 3 amide bonds. The van der Waals surface area contributed by atoms with E-state index >= 15 is 0 Å². The number of carbonyl (C=O) groups excluding carboxylic acids is 2. The highest BCUT2D eigenvalue weighted by molar-refractivity contribution is 7.80. The number of nitrogens with one attached hydrogen (secondary N) is 3. The van der Waals surface area contributed by atoms with Gasteiger partial charge in [-0.05, 0) is 54.5 Å². The SMILES string of the molecule is COc1ccc([C@@]2(C)NC(=O)N(NC(=S)NCc3ccc(F)cc3)C2=O)cc1. The number of hydrogen-bond acceptors (Lipinski definition) is 4. The maximum absolute atomic E-state index is 12.9. The molecule has 0 unspecified atom stereocenters. The molecule has 146 valence electrons. The Labute approximate surface area is 166 Å². The minimum absolute atomic E-state index is 0.0896. The van der Waals surface area contributed by atoms with Crippen LogP contribution < -0.4 is 20.8 Å². The quantitative estimate of drug-likeness (QED) is 0.525. The van der Waals surface area contributed by atoms with Crippen LogP contribution in [0.25, 0.3) is 0 Å². The summed E-state index contributed by atoms with van der Waals surface area (Å²) in [4.78, 5) is 25.2. The van der Waals surface area contributed by atoms with E-state index in [9.17, 15) is 14.0 Å². The molecule has 2 aromatic carbocycles. The lowest BCUT2D eigenvalue weighted by Gasteiger charge is -2.23. The molecule has 1 aliphatic heterocycles. The largest absolute Gasteiger partial charge is 0.497 e. The molecule has 1 atom stereocenters. The van der Waals surface area contributed by atoms with Crippen LogP contribution in [-0.4, -0.2) is 29.2 Å². The van der Waals surface area contributed by atoms with Crippen LogP contribution in [0.15, 0.2) is 48.5 Å². The molecular formula is C19H19FN4O3S. The molecule has 1 saturated heterocycles. The zero-order valence-electron chi connectivity index (χ0n) is 15.3. The highest BCUT2D eigenvalue weighted by atomic mass is 32.1. The van der Waals surface area contributed by atoms with Crippen molar-refractivity contribution in [2.75, 3.05) is 7.11 Å². The molecular weight excluding hydrogens is 383 g/mol. The third kappa shape index (κ3) is 3.89. The summed E-state index contributed by atoms with van der Waals surface area (Å²) in [6.45, 7) is 1.93. The van der Waals surface area contributed by atoms with Gasteiger partial charge in [-0.15, -0.1) is 0 Å². The van der Waals surface area contributed by atoms with Crippen LogP contribution in [0.4, 0.5) is 9.18 Å². The Morgan fingerprint density at radius 1 is 1.18 bits per heavy atom. The van der Waals surface area contributed by atoms with Crippen molar-refractivity contribution in [3.05, 3.63) is 65.5 Å². The third-order valence-corrected chi connectivity index (χ3v) is 4.67. The summed E-state index contributed by atoms with van der Waals surface area (Å²) in [5.41, 5.74) is 2.78. The number of halogens is 1. The van der Waals surface area contributed by atoms with Gasteiger partial charge in [-0.25, -0.2) is 9.18 Å². The van der Waals surface area contributed by atoms with Gasteiger partial charge in [-0.2, -0.15) is 5.01 Å². The molecule has 0 spiro atoms. The van der Waals surface area contributed by atoms with Crippen molar-refractivity contribution >= 4 is 29.3 Å². The zero-order valence-corrected chi connectivity index (χ0v) is 16.1. The molecule has 0 bridgehead atoms. The molecule has 0 aliphatic carbocycles. The molecule has 2 aromatic rings. The Hall–Kier alpha value is -3.20. The van der Waals surface area contributed by atoms with Crippen LogP contribution >= 0.6 is 12.2 Å². The van der Waals surface area contributed by atoms with Crippen LogP contribution in [0.3, 0.4) is 0 Å². The third-order valence-electron chi connectivity index (χ3n) is 4.44. The predicted octanol–water partition coefficient (Wildman–Crippen LogP) is 2.18. The lowest BCUT2D eigenvalue weighted by Crippen LogP contribution is -2.51. The fourth-order valence-electron chi connectivity index (χ4n) is 2.79. The normalized spacial score (nSPS) is 18.6. The summed E-state index contributed by atoms with van der Waals surface area (Å²) in [7, 11) is 1.55. The fourth-order valence-corrected chi connectivity index (χ4v) is 2.95. The Balaban J connectivity index is 1.65. The van der Waals surface area contributed by atoms with E-state index in [0.717, 1.165) is 10.6 Å². The van der Waals surface area contributed by atoms with Gasteiger partial charge in [0.1, 0.15) is 17.1 Å². The first kappa shape index (κ1) is 19.6. The van der Waals surface area contributed by atoms with Gasteiger partial charge in [-0.3, -0.25) is 10.2 Å². The molecule has 28 heavy (non-hydrogen) atoms. The van der Waals surface area contributed by atoms with Gasteiger partial charge in [0, 0.05) is 6.54 Å². The standard InChI is InChI=1S/C19H19FN4O3S/c1-19(13-5-9-15(27-2)10-6-13)16(25)24(18(26)22-19)23-17(28)21-11-12-3-7-14(20)8-4-12/h3-10H,11H2,1-2H3,(H,22,26)(H2,21,23,28)/t19-/m1/s1. The predicted molar refractivity (Wildman–Crippen MR) is 105 cm³/mol. The molecule has 0 saturated carbocycles. The Bertz CT molecular complexity index is 904. The van der Waals surface area contributed by atoms with Crippen molar-refractivity contribution in [2.45, 2.75) is 19.0 Å². The topological polar surface area (TPSA) is 82.7 Å². The van der Waals surface area contributed by atoms with E-state index in [-0.39, 0.29) is 10.9 Å². The van der Waals surface area contributed by atoms with E-state index in [2.05, 4.69) is 16.1 Å². The molecule has 1 fully saturated rings. The van der Waals surface area contributed by atoms with Crippen molar-refractivity contribution < 1.29 is 18.7 Å². The molecule has 1 aliphatic rings. The Morgan fingerprint density at radius 3 is 2.43 bits per heavy atom. The highest BCUT2D eigenvalue weighted by Gasteiger charge is 2.49. The summed E-state index contributed by atoms with van der Waals surface area (Å²) in [5.74, 6) is -0.180. The van der Waals surface area contributed by atoms with Crippen molar-refractivity contribution in [3.63, 3.8) is 0 Å². The van der Waals surface area contributed by atoms with E-state index in [4.69, 9.17) is 17.0 Å². The van der Waals surface area contributed by atoms with Gasteiger partial charge in [0.25, 0.3) is 5.91 Å². The number of ether oxygens (including phenoxy) is 1. The van der Waals surface area contributed by atoms with Crippen molar-refractivity contribution in [1.82, 2.24) is 21.1 Å². The van der Waals surface area contributed by atoms with Gasteiger partial charge in [0.15, 0.2) is 5.11 Å². The number of thiocarbonyl (C=S) groups is 1. The minimum atomic E-state index is -1.23. The second-order valence-electron chi connectivity index (χ2n) is 6.35. The summed E-state index contributed by atoms with van der Waals surface area (Å²) >= 11 is 5.16. The van der Waals surface area contributed by atoms with E-state index < -0.39 is 17.5 Å². The van der Waals surface area contributed by atoms with E-state index in [1.54, 1.807) is 50.4 Å². The summed E-state index contributed by atoms with van der Waals surface area (Å²) in [6.07, 6.45) is 0. The van der Waals surface area contributed by atoms with Gasteiger partial charge in [-0.1, -0.05) is 24.3 Å². The number of benzene rings is 2. The second-order valence-corrected chi connectivity index (χ2v) is 6.75. The summed E-state index contributed by atoms with van der Waals surface area (Å²) in [5, 5.41) is 6.48. The number of imide groups is 1. The number of methoxy groups -OCH3 is 1. The molecule has 7 nitrogen and oxygen atoms in total. The van der Waals surface area contributed by atoms with Crippen LogP contribution in [0.2, 0.25) is 0 Å². The number of hydrogen-bond donors (Lipinski definition) is 3. The number of nitrogens with zero attached hydrogens (tertiary/aromatic N) is 1. The first-order chi connectivity index (χ1) is 13.3. The van der Waals surface area contributed by atoms with Crippen LogP contribution in [0.5, 0.6) is 5.75 Å². The van der Waals surface area contributed by atoms with Gasteiger partial charge in [0.05, 0.1) is 7.11 Å². The molecule has 1 heterocycles. The van der Waals surface area contributed by atoms with Crippen molar-refractivity contribution in [2.24, 2.45) is 0 Å². The average Bonchev–Trinajstić information content (AvgIpc) is 2.91. The van der Waals surface area contributed by atoms with Gasteiger partial charge < -0.3 is 15.4 Å². The fraction of sp³-hybridized carbons (Fsp3) is 0.211. The molecule has 0 radical (unpaired) electrons. The zero-order chi connectivity index (χ0) is 20.3. The van der Waals surface area contributed by atoms with E-state index in [1.807, 2.05) is 0 Å². The van der Waals surface area contributed by atoms with Crippen LogP contribution in [0.1, 0.15) is 18.1 Å². The highest BCUT2D eigenvalue weighted by Crippen LogP contribution is 2.29. The Morgan fingerprint density at radius 2 is 1.82 bits per heavy atom. The minimum Gasteiger partial charge on any atom is -0.497 e. The number of hydrazine groups is 1. The van der Waals surface area contributed by atoms with Crippen molar-refractivity contribution in [1.29, 1.82) is 0 Å². The summed E-state index contributed by atoms with van der Waals surface area (Å²) < 4.78 is 18.1. The second kappa shape index (κ2) is 7.81. The maximum atomic E-state index is 12.9. The smallest absolute Gasteiger partial charge is 0.344 e.